The number of amides is 1. The Morgan fingerprint density at radius 2 is 2.12 bits per heavy atom. The first-order chi connectivity index (χ1) is 11.4. The molecule has 1 unspecified atom stereocenters. The standard InChI is InChI=1S/C14H15ClN4O4S/c1-24(21,22)19-8-4-7-11(19)12(20)16-14-18-17-13(23-14)9-5-2-3-6-10(9)15/h2-3,5-6,11H,4,7-8H2,1H3,(H,16,18,20). The number of carbonyl (C=O) groups excluding carboxylic acids is 1. The quantitative estimate of drug-likeness (QED) is 0.878. The van der Waals surface area contributed by atoms with E-state index in [1.807, 2.05) is 0 Å². The highest BCUT2D eigenvalue weighted by molar-refractivity contribution is 7.88. The summed E-state index contributed by atoms with van der Waals surface area (Å²) in [4.78, 5) is 12.3. The Labute approximate surface area is 143 Å². The number of benzene rings is 1. The van der Waals surface area contributed by atoms with Crippen LogP contribution >= 0.6 is 11.6 Å². The van der Waals surface area contributed by atoms with E-state index in [0.29, 0.717) is 30.0 Å². The van der Waals surface area contributed by atoms with Crippen molar-refractivity contribution in [2.24, 2.45) is 0 Å². The van der Waals surface area contributed by atoms with Crippen LogP contribution in [0.4, 0.5) is 6.01 Å². The van der Waals surface area contributed by atoms with Gasteiger partial charge in [-0.2, -0.15) is 4.31 Å². The second kappa shape index (κ2) is 6.50. The van der Waals surface area contributed by atoms with Gasteiger partial charge < -0.3 is 4.42 Å². The third-order valence-electron chi connectivity index (χ3n) is 3.69. The van der Waals surface area contributed by atoms with E-state index in [1.54, 1.807) is 24.3 Å². The fourth-order valence-electron chi connectivity index (χ4n) is 2.61. The number of carbonyl (C=O) groups is 1. The lowest BCUT2D eigenvalue weighted by Gasteiger charge is -2.20. The van der Waals surface area contributed by atoms with E-state index in [1.165, 1.54) is 4.31 Å². The van der Waals surface area contributed by atoms with Crippen molar-refractivity contribution in [3.05, 3.63) is 29.3 Å². The molecule has 0 radical (unpaired) electrons. The molecule has 0 saturated carbocycles. The normalized spacial score (nSPS) is 18.7. The zero-order valence-corrected chi connectivity index (χ0v) is 14.3. The van der Waals surface area contributed by atoms with Crippen molar-refractivity contribution in [2.45, 2.75) is 18.9 Å². The molecule has 2 aromatic rings. The number of sulfonamides is 1. The molecule has 1 aliphatic heterocycles. The monoisotopic (exact) mass is 370 g/mol. The number of aromatic nitrogens is 2. The van der Waals surface area contributed by atoms with E-state index in [-0.39, 0.29) is 11.9 Å². The van der Waals surface area contributed by atoms with E-state index in [0.717, 1.165) is 6.26 Å². The molecular formula is C14H15ClN4O4S. The third kappa shape index (κ3) is 3.42. The highest BCUT2D eigenvalue weighted by atomic mass is 35.5. The molecule has 3 rings (SSSR count). The van der Waals surface area contributed by atoms with Crippen molar-refractivity contribution < 1.29 is 17.6 Å². The Balaban J connectivity index is 1.75. The van der Waals surface area contributed by atoms with Crippen LogP contribution in [0.1, 0.15) is 12.8 Å². The lowest BCUT2D eigenvalue weighted by Crippen LogP contribution is -2.42. The lowest BCUT2D eigenvalue weighted by molar-refractivity contribution is -0.119. The molecule has 10 heteroatoms. The summed E-state index contributed by atoms with van der Waals surface area (Å²) >= 11 is 6.06. The van der Waals surface area contributed by atoms with Gasteiger partial charge in [0.2, 0.25) is 15.9 Å². The van der Waals surface area contributed by atoms with Crippen LogP contribution in [0.2, 0.25) is 5.02 Å². The number of halogens is 1. The van der Waals surface area contributed by atoms with Gasteiger partial charge in [0.25, 0.3) is 5.89 Å². The number of hydrogen-bond donors (Lipinski definition) is 1. The molecule has 1 fully saturated rings. The van der Waals surface area contributed by atoms with E-state index in [9.17, 15) is 13.2 Å². The number of nitrogens with zero attached hydrogens (tertiary/aromatic N) is 3. The summed E-state index contributed by atoms with van der Waals surface area (Å²) in [7, 11) is -3.44. The number of nitrogens with one attached hydrogen (secondary N) is 1. The molecule has 0 spiro atoms. The average Bonchev–Trinajstić information content (AvgIpc) is 3.16. The lowest BCUT2D eigenvalue weighted by atomic mass is 10.2. The van der Waals surface area contributed by atoms with Gasteiger partial charge in [-0.25, -0.2) is 8.42 Å². The van der Waals surface area contributed by atoms with Gasteiger partial charge >= 0.3 is 6.01 Å². The Morgan fingerprint density at radius 3 is 2.83 bits per heavy atom. The number of anilines is 1. The van der Waals surface area contributed by atoms with Crippen LogP contribution in [0.3, 0.4) is 0 Å². The second-order valence-electron chi connectivity index (χ2n) is 5.41. The highest BCUT2D eigenvalue weighted by Gasteiger charge is 2.37. The van der Waals surface area contributed by atoms with Crippen molar-refractivity contribution in [3.63, 3.8) is 0 Å². The molecule has 1 amide bonds. The Kier molecular flexibility index (Phi) is 4.57. The van der Waals surface area contributed by atoms with Crippen LogP contribution in [0.25, 0.3) is 11.5 Å². The summed E-state index contributed by atoms with van der Waals surface area (Å²) < 4.78 is 30.0. The number of rotatable bonds is 4. The molecule has 24 heavy (non-hydrogen) atoms. The Bertz CT molecular complexity index is 867. The van der Waals surface area contributed by atoms with Crippen molar-refractivity contribution in [1.29, 1.82) is 0 Å². The minimum absolute atomic E-state index is 0.102. The Morgan fingerprint density at radius 1 is 1.38 bits per heavy atom. The predicted octanol–water partition coefficient (Wildman–Crippen LogP) is 1.75. The van der Waals surface area contributed by atoms with Gasteiger partial charge in [-0.05, 0) is 25.0 Å². The Hall–Kier alpha value is -1.97. The van der Waals surface area contributed by atoms with Gasteiger partial charge in [0.1, 0.15) is 6.04 Å². The van der Waals surface area contributed by atoms with Gasteiger partial charge in [-0.15, -0.1) is 5.10 Å². The molecule has 1 saturated heterocycles. The number of hydrogen-bond acceptors (Lipinski definition) is 6. The molecule has 1 N–H and O–H groups in total. The second-order valence-corrected chi connectivity index (χ2v) is 7.76. The summed E-state index contributed by atoms with van der Waals surface area (Å²) in [6, 6.07) is 6.06. The van der Waals surface area contributed by atoms with Crippen LogP contribution in [-0.2, 0) is 14.8 Å². The van der Waals surface area contributed by atoms with Gasteiger partial charge in [0, 0.05) is 6.54 Å². The van der Waals surface area contributed by atoms with Crippen LogP contribution in [0.5, 0.6) is 0 Å². The summed E-state index contributed by atoms with van der Waals surface area (Å²) in [6.07, 6.45) is 2.16. The zero-order valence-electron chi connectivity index (χ0n) is 12.8. The van der Waals surface area contributed by atoms with Crippen LogP contribution in [-0.4, -0.2) is 47.7 Å². The third-order valence-corrected chi connectivity index (χ3v) is 5.31. The van der Waals surface area contributed by atoms with Crippen molar-refractivity contribution in [2.75, 3.05) is 18.1 Å². The molecule has 1 aromatic heterocycles. The zero-order chi connectivity index (χ0) is 17.3. The molecule has 1 aliphatic rings. The summed E-state index contributed by atoms with van der Waals surface area (Å²) in [5, 5.41) is 10.5. The molecule has 2 heterocycles. The summed E-state index contributed by atoms with van der Waals surface area (Å²) in [6.45, 7) is 0.325. The fourth-order valence-corrected chi connectivity index (χ4v) is 3.95. The van der Waals surface area contributed by atoms with Crippen molar-refractivity contribution in [3.8, 4) is 11.5 Å². The fraction of sp³-hybridized carbons (Fsp3) is 0.357. The first kappa shape index (κ1) is 16.9. The van der Waals surface area contributed by atoms with Gasteiger partial charge in [-0.3, -0.25) is 10.1 Å². The first-order valence-electron chi connectivity index (χ1n) is 7.22. The van der Waals surface area contributed by atoms with Crippen molar-refractivity contribution in [1.82, 2.24) is 14.5 Å². The smallest absolute Gasteiger partial charge is 0.322 e. The van der Waals surface area contributed by atoms with E-state index >= 15 is 0 Å². The molecule has 0 aliphatic carbocycles. The minimum Gasteiger partial charge on any atom is -0.403 e. The summed E-state index contributed by atoms with van der Waals surface area (Å²) in [5.74, 6) is -0.324. The average molecular weight is 371 g/mol. The van der Waals surface area contributed by atoms with E-state index in [4.69, 9.17) is 16.0 Å². The maximum Gasteiger partial charge on any atom is 0.322 e. The van der Waals surface area contributed by atoms with E-state index in [2.05, 4.69) is 15.5 Å². The molecule has 8 nitrogen and oxygen atoms in total. The predicted molar refractivity (Wildman–Crippen MR) is 87.9 cm³/mol. The highest BCUT2D eigenvalue weighted by Crippen LogP contribution is 2.28. The minimum atomic E-state index is -3.44. The largest absolute Gasteiger partial charge is 0.403 e. The summed E-state index contributed by atoms with van der Waals surface area (Å²) in [5.41, 5.74) is 0.547. The van der Waals surface area contributed by atoms with E-state index < -0.39 is 22.0 Å². The maximum atomic E-state index is 12.3. The van der Waals surface area contributed by atoms with Crippen LogP contribution < -0.4 is 5.32 Å². The van der Waals surface area contributed by atoms with Crippen molar-refractivity contribution >= 4 is 33.5 Å². The SMILES string of the molecule is CS(=O)(=O)N1CCCC1C(=O)Nc1nnc(-c2ccccc2Cl)o1. The van der Waals surface area contributed by atoms with Gasteiger partial charge in [-0.1, -0.05) is 28.8 Å². The maximum absolute atomic E-state index is 12.3. The van der Waals surface area contributed by atoms with Crippen LogP contribution in [0.15, 0.2) is 28.7 Å². The topological polar surface area (TPSA) is 105 Å². The molecule has 1 atom stereocenters. The van der Waals surface area contributed by atoms with Gasteiger partial charge in [0.05, 0.1) is 16.8 Å². The van der Waals surface area contributed by atoms with Crippen LogP contribution in [0, 0.1) is 0 Å². The molecule has 128 valence electrons. The molecular weight excluding hydrogens is 356 g/mol. The molecule has 1 aromatic carbocycles. The van der Waals surface area contributed by atoms with Gasteiger partial charge in [0.15, 0.2) is 0 Å². The first-order valence-corrected chi connectivity index (χ1v) is 9.45. The molecule has 0 bridgehead atoms.